The fourth-order valence-electron chi connectivity index (χ4n) is 2.77. The number of fused-ring (bicyclic) bond motifs is 1. The lowest BCUT2D eigenvalue weighted by molar-refractivity contribution is -0.143. The van der Waals surface area contributed by atoms with Gasteiger partial charge in [-0.15, -0.1) is 11.3 Å². The summed E-state index contributed by atoms with van der Waals surface area (Å²) in [4.78, 5) is 41.8. The first-order chi connectivity index (χ1) is 12.9. The lowest BCUT2D eigenvalue weighted by Crippen LogP contribution is -2.33. The van der Waals surface area contributed by atoms with Crippen molar-refractivity contribution in [2.75, 3.05) is 13.6 Å². The minimum absolute atomic E-state index is 0.0286. The predicted octanol–water partition coefficient (Wildman–Crippen LogP) is 2.37. The van der Waals surface area contributed by atoms with E-state index in [4.69, 9.17) is 5.11 Å². The van der Waals surface area contributed by atoms with Gasteiger partial charge in [0.05, 0.1) is 11.7 Å². The Morgan fingerprint density at radius 3 is 2.63 bits per heavy atom. The number of carboxylic acid groups (broad SMARTS) is 1. The molecule has 0 fully saturated rings. The van der Waals surface area contributed by atoms with Gasteiger partial charge in [0.25, 0.3) is 5.56 Å². The summed E-state index contributed by atoms with van der Waals surface area (Å²) >= 11 is 1.41. The zero-order chi connectivity index (χ0) is 19.6. The molecule has 1 aromatic carbocycles. The van der Waals surface area contributed by atoms with Crippen LogP contribution in [0.5, 0.6) is 0 Å². The highest BCUT2D eigenvalue weighted by atomic mass is 32.1. The maximum Gasteiger partial charge on any atom is 0.323 e. The van der Waals surface area contributed by atoms with Gasteiger partial charge in [0.2, 0.25) is 5.91 Å². The molecule has 0 unspecified atom stereocenters. The van der Waals surface area contributed by atoms with Crippen LogP contribution in [0.25, 0.3) is 21.3 Å². The largest absolute Gasteiger partial charge is 0.480 e. The SMILES string of the molecule is Cc1ccc(-c2csc3ncn(CCC(=O)N(C)CC(=O)O)c(=O)c23)cc1. The highest BCUT2D eigenvalue weighted by Gasteiger charge is 2.15. The van der Waals surface area contributed by atoms with Crippen LogP contribution in [-0.2, 0) is 16.1 Å². The molecule has 1 amide bonds. The molecule has 0 aliphatic carbocycles. The van der Waals surface area contributed by atoms with Crippen molar-refractivity contribution in [1.29, 1.82) is 0 Å². The molecule has 3 rings (SSSR count). The lowest BCUT2D eigenvalue weighted by atomic mass is 10.1. The van der Waals surface area contributed by atoms with Gasteiger partial charge in [-0.1, -0.05) is 29.8 Å². The summed E-state index contributed by atoms with van der Waals surface area (Å²) < 4.78 is 1.40. The molecule has 0 spiro atoms. The minimum atomic E-state index is -1.08. The van der Waals surface area contributed by atoms with Crippen molar-refractivity contribution in [2.24, 2.45) is 0 Å². The third kappa shape index (κ3) is 4.06. The number of hydrogen-bond acceptors (Lipinski definition) is 5. The zero-order valence-electron chi connectivity index (χ0n) is 15.0. The molecule has 0 saturated carbocycles. The number of benzene rings is 1. The van der Waals surface area contributed by atoms with E-state index < -0.39 is 5.97 Å². The summed E-state index contributed by atoms with van der Waals surface area (Å²) in [7, 11) is 1.43. The Hall–Kier alpha value is -3.00. The molecule has 0 aliphatic heterocycles. The summed E-state index contributed by atoms with van der Waals surface area (Å²) in [6.45, 7) is 1.78. The Morgan fingerprint density at radius 1 is 1.26 bits per heavy atom. The van der Waals surface area contributed by atoms with Crippen molar-refractivity contribution in [3.05, 3.63) is 51.9 Å². The van der Waals surface area contributed by atoms with Gasteiger partial charge < -0.3 is 10.0 Å². The Labute approximate surface area is 159 Å². The minimum Gasteiger partial charge on any atom is -0.480 e. The molecule has 0 saturated heterocycles. The van der Waals surface area contributed by atoms with Crippen molar-refractivity contribution < 1.29 is 14.7 Å². The Morgan fingerprint density at radius 2 is 1.96 bits per heavy atom. The van der Waals surface area contributed by atoms with Crippen LogP contribution in [-0.4, -0.2) is 45.0 Å². The number of aliphatic carboxylic acids is 1. The lowest BCUT2D eigenvalue weighted by Gasteiger charge is -2.14. The third-order valence-electron chi connectivity index (χ3n) is 4.29. The van der Waals surface area contributed by atoms with Crippen LogP contribution in [0, 0.1) is 6.92 Å². The van der Waals surface area contributed by atoms with Crippen molar-refractivity contribution in [1.82, 2.24) is 14.5 Å². The van der Waals surface area contributed by atoms with Gasteiger partial charge in [0, 0.05) is 31.0 Å². The number of aromatic nitrogens is 2. The summed E-state index contributed by atoms with van der Waals surface area (Å²) in [5.74, 6) is -1.42. The molecule has 0 aliphatic rings. The first kappa shape index (κ1) is 18.8. The van der Waals surface area contributed by atoms with Gasteiger partial charge in [-0.2, -0.15) is 0 Å². The van der Waals surface area contributed by atoms with Gasteiger partial charge in [-0.3, -0.25) is 19.0 Å². The van der Waals surface area contributed by atoms with Crippen molar-refractivity contribution in [3.8, 4) is 11.1 Å². The van der Waals surface area contributed by atoms with Gasteiger partial charge in [-0.05, 0) is 12.5 Å². The summed E-state index contributed by atoms with van der Waals surface area (Å²) in [5, 5.41) is 11.2. The Bertz CT molecular complexity index is 1050. The number of carbonyl (C=O) groups is 2. The molecule has 2 aromatic heterocycles. The maximum absolute atomic E-state index is 12.9. The molecule has 0 bridgehead atoms. The number of carbonyl (C=O) groups excluding carboxylic acids is 1. The average molecular weight is 385 g/mol. The molecule has 3 aromatic rings. The smallest absolute Gasteiger partial charge is 0.323 e. The quantitative estimate of drug-likeness (QED) is 0.703. The molecule has 140 valence electrons. The number of likely N-dealkylation sites (N-methyl/N-ethyl adjacent to an activating group) is 1. The number of aryl methyl sites for hydroxylation is 2. The molecular formula is C19H19N3O4S. The van der Waals surface area contributed by atoms with Crippen LogP contribution in [0.2, 0.25) is 0 Å². The van der Waals surface area contributed by atoms with Crippen LogP contribution in [0.1, 0.15) is 12.0 Å². The van der Waals surface area contributed by atoms with E-state index in [-0.39, 0.29) is 31.0 Å². The van der Waals surface area contributed by atoms with Gasteiger partial charge in [0.15, 0.2) is 0 Å². The second kappa shape index (κ2) is 7.71. The van der Waals surface area contributed by atoms with Crippen LogP contribution >= 0.6 is 11.3 Å². The highest BCUT2D eigenvalue weighted by Crippen LogP contribution is 2.30. The topological polar surface area (TPSA) is 92.5 Å². The summed E-state index contributed by atoms with van der Waals surface area (Å²) in [5.41, 5.74) is 2.71. The number of rotatable bonds is 6. The van der Waals surface area contributed by atoms with Gasteiger partial charge in [0.1, 0.15) is 11.4 Å². The maximum atomic E-state index is 12.9. The van der Waals surface area contributed by atoms with Crippen LogP contribution < -0.4 is 5.56 Å². The predicted molar refractivity (Wildman–Crippen MR) is 104 cm³/mol. The fourth-order valence-corrected chi connectivity index (χ4v) is 3.68. The average Bonchev–Trinajstić information content (AvgIpc) is 3.06. The Kier molecular flexibility index (Phi) is 5.36. The molecule has 0 radical (unpaired) electrons. The van der Waals surface area contributed by atoms with E-state index >= 15 is 0 Å². The molecule has 8 heteroatoms. The summed E-state index contributed by atoms with van der Waals surface area (Å²) in [6.07, 6.45) is 1.46. The first-order valence-corrected chi connectivity index (χ1v) is 9.24. The zero-order valence-corrected chi connectivity index (χ0v) is 15.8. The van der Waals surface area contributed by atoms with Crippen molar-refractivity contribution >= 4 is 33.4 Å². The molecule has 7 nitrogen and oxygen atoms in total. The van der Waals surface area contributed by atoms with E-state index in [1.165, 1.54) is 29.3 Å². The number of hydrogen-bond donors (Lipinski definition) is 1. The van der Waals surface area contributed by atoms with Crippen molar-refractivity contribution in [3.63, 3.8) is 0 Å². The molecule has 2 heterocycles. The van der Waals surface area contributed by atoms with E-state index in [0.717, 1.165) is 21.6 Å². The molecule has 0 atom stereocenters. The first-order valence-electron chi connectivity index (χ1n) is 8.36. The summed E-state index contributed by atoms with van der Waals surface area (Å²) in [6, 6.07) is 7.92. The van der Waals surface area contributed by atoms with Crippen LogP contribution in [0.4, 0.5) is 0 Å². The number of nitrogens with zero attached hydrogens (tertiary/aromatic N) is 3. The normalized spacial score (nSPS) is 10.9. The van der Waals surface area contributed by atoms with Crippen molar-refractivity contribution in [2.45, 2.75) is 19.9 Å². The second-order valence-corrected chi connectivity index (χ2v) is 7.19. The number of thiophene rings is 1. The fraction of sp³-hybridized carbons (Fsp3) is 0.263. The highest BCUT2D eigenvalue weighted by molar-refractivity contribution is 7.17. The Balaban J connectivity index is 1.88. The van der Waals surface area contributed by atoms with E-state index in [2.05, 4.69) is 4.98 Å². The van der Waals surface area contributed by atoms with Gasteiger partial charge >= 0.3 is 5.97 Å². The third-order valence-corrected chi connectivity index (χ3v) is 5.17. The van der Waals surface area contributed by atoms with E-state index in [1.54, 1.807) is 0 Å². The van der Waals surface area contributed by atoms with E-state index in [0.29, 0.717) is 10.2 Å². The number of amides is 1. The van der Waals surface area contributed by atoms with Gasteiger partial charge in [-0.25, -0.2) is 4.98 Å². The van der Waals surface area contributed by atoms with E-state index in [9.17, 15) is 14.4 Å². The molecule has 27 heavy (non-hydrogen) atoms. The van der Waals surface area contributed by atoms with E-state index in [1.807, 2.05) is 36.6 Å². The van der Waals surface area contributed by atoms with Crippen LogP contribution in [0.15, 0.2) is 40.8 Å². The standard InChI is InChI=1S/C19H19N3O4S/c1-12-3-5-13(6-4-12)14-10-27-18-17(14)19(26)22(11-20-18)8-7-15(23)21(2)9-16(24)25/h3-6,10-11H,7-9H2,1-2H3,(H,24,25). The number of carboxylic acids is 1. The monoisotopic (exact) mass is 385 g/mol. The van der Waals surface area contributed by atoms with Crippen LogP contribution in [0.3, 0.4) is 0 Å². The molecule has 1 N–H and O–H groups in total. The molecular weight excluding hydrogens is 366 g/mol. The second-order valence-electron chi connectivity index (χ2n) is 6.33.